The Balaban J connectivity index is 1.36. The zero-order valence-corrected chi connectivity index (χ0v) is 26.1. The van der Waals surface area contributed by atoms with E-state index in [-0.39, 0.29) is 81.3 Å². The van der Waals surface area contributed by atoms with Gasteiger partial charge >= 0.3 is 234 Å². The van der Waals surface area contributed by atoms with Gasteiger partial charge in [0.05, 0.1) is 0 Å². The van der Waals surface area contributed by atoms with Gasteiger partial charge in [-0.1, -0.05) is 0 Å². The monoisotopic (exact) mass is 780 g/mol. The Morgan fingerprint density at radius 3 is 1.36 bits per heavy atom. The number of hydrogen-bond donors (Lipinski definition) is 0. The molecular weight excluding hydrogens is 768 g/mol. The van der Waals surface area contributed by atoms with Crippen molar-refractivity contribution in [3.63, 3.8) is 0 Å². The van der Waals surface area contributed by atoms with Gasteiger partial charge in [-0.05, 0) is 0 Å². The van der Waals surface area contributed by atoms with Crippen molar-refractivity contribution in [1.82, 2.24) is 0 Å². The van der Waals surface area contributed by atoms with Crippen molar-refractivity contribution in [2.45, 2.75) is 0 Å². The zero-order valence-electron chi connectivity index (χ0n) is 17.6. The molecule has 0 amide bonds. The maximum absolute atomic E-state index is 15.4. The van der Waals surface area contributed by atoms with E-state index in [1.54, 1.807) is 32.6 Å². The van der Waals surface area contributed by atoms with Gasteiger partial charge in [0.1, 0.15) is 0 Å². The summed E-state index contributed by atoms with van der Waals surface area (Å²) in [4.78, 5) is 3.60. The number of thiophene rings is 2. The molecule has 0 nitrogen and oxygen atoms in total. The topological polar surface area (TPSA) is 0 Å². The summed E-state index contributed by atoms with van der Waals surface area (Å²) >= 11 is 2.46. The standard InChI is InChI=1S/C26H8F4S2Se4/c27-13-1-3-33-23(13)25-19(29)11-5-9-15(7-17(11)35-25)31-22-10-6-12-18(8-16(10)32-21(9)22)36-26(20(12)30)24-14(28)2-4-34-24/h1-8H. The molecule has 0 unspecified atom stereocenters. The van der Waals surface area contributed by atoms with Gasteiger partial charge in [0, 0.05) is 0 Å². The number of benzene rings is 2. The van der Waals surface area contributed by atoms with Crippen LogP contribution in [0.1, 0.15) is 0 Å². The molecular formula is C26H8F4S2Se4. The normalized spacial score (nSPS) is 12.4. The fourth-order valence-electron chi connectivity index (χ4n) is 4.58. The molecule has 0 radical (unpaired) electrons. The second kappa shape index (κ2) is 8.18. The molecule has 6 aromatic heterocycles. The van der Waals surface area contributed by atoms with Crippen molar-refractivity contribution in [1.29, 1.82) is 0 Å². The van der Waals surface area contributed by atoms with E-state index in [0.29, 0.717) is 28.5 Å². The molecule has 0 saturated heterocycles. The molecule has 0 atom stereocenters. The summed E-state index contributed by atoms with van der Waals surface area (Å²) < 4.78 is 67.7. The average Bonchev–Trinajstić information content (AvgIpc) is 3.69. The summed E-state index contributed by atoms with van der Waals surface area (Å²) in [7, 11) is 0. The molecule has 0 fully saturated rings. The van der Waals surface area contributed by atoms with Crippen molar-refractivity contribution in [2.24, 2.45) is 0 Å². The van der Waals surface area contributed by atoms with E-state index in [4.69, 9.17) is 0 Å². The zero-order chi connectivity index (χ0) is 24.3. The molecule has 0 N–H and O–H groups in total. The summed E-state index contributed by atoms with van der Waals surface area (Å²) in [5, 5.41) is 3.18. The van der Waals surface area contributed by atoms with Gasteiger partial charge in [-0.2, -0.15) is 0 Å². The molecule has 10 heteroatoms. The van der Waals surface area contributed by atoms with Gasteiger partial charge in [-0.3, -0.25) is 0 Å². The third-order valence-electron chi connectivity index (χ3n) is 6.23. The van der Waals surface area contributed by atoms with Gasteiger partial charge in [-0.15, -0.1) is 0 Å². The second-order valence-corrected chi connectivity index (χ2v) is 18.6. The molecule has 0 aliphatic heterocycles. The molecule has 8 aromatic rings. The molecule has 176 valence electrons. The van der Waals surface area contributed by atoms with Gasteiger partial charge in [0.15, 0.2) is 0 Å². The van der Waals surface area contributed by atoms with Crippen molar-refractivity contribution in [2.75, 3.05) is 0 Å². The van der Waals surface area contributed by atoms with E-state index in [9.17, 15) is 8.78 Å². The van der Waals surface area contributed by atoms with E-state index in [0.717, 1.165) is 38.1 Å². The first-order chi connectivity index (χ1) is 17.5. The minimum absolute atomic E-state index is 0.153. The summed E-state index contributed by atoms with van der Waals surface area (Å²) in [5.74, 6) is -1.16. The summed E-state index contributed by atoms with van der Waals surface area (Å²) in [5.41, 5.74) is 0. The van der Waals surface area contributed by atoms with Crippen LogP contribution in [0.25, 0.3) is 66.6 Å². The molecule has 0 spiro atoms. The molecule has 0 bridgehead atoms. The first kappa shape index (κ1) is 22.8. The van der Waals surface area contributed by atoms with Crippen molar-refractivity contribution in [3.05, 3.63) is 69.5 Å². The van der Waals surface area contributed by atoms with Crippen LogP contribution < -0.4 is 0 Å². The third kappa shape index (κ3) is 3.15. The van der Waals surface area contributed by atoms with Gasteiger partial charge in [0.25, 0.3) is 0 Å². The first-order valence-electron chi connectivity index (χ1n) is 10.6. The second-order valence-electron chi connectivity index (χ2n) is 8.24. The van der Waals surface area contributed by atoms with Crippen molar-refractivity contribution < 1.29 is 17.6 Å². The minimum atomic E-state index is -0.299. The van der Waals surface area contributed by atoms with E-state index >= 15 is 8.78 Å². The predicted molar refractivity (Wildman–Crippen MR) is 148 cm³/mol. The van der Waals surface area contributed by atoms with Crippen LogP contribution in [0.5, 0.6) is 0 Å². The number of hydrogen-bond acceptors (Lipinski definition) is 2. The van der Waals surface area contributed by atoms with Crippen LogP contribution in [0, 0.1) is 23.3 Å². The van der Waals surface area contributed by atoms with Gasteiger partial charge < -0.3 is 0 Å². The van der Waals surface area contributed by atoms with E-state index in [1.807, 2.05) is 12.1 Å². The Labute approximate surface area is 232 Å². The molecule has 0 saturated carbocycles. The maximum atomic E-state index is 15.4. The average molecular weight is 776 g/mol. The molecule has 6 heterocycles. The van der Waals surface area contributed by atoms with Gasteiger partial charge in [-0.25, -0.2) is 0 Å². The van der Waals surface area contributed by atoms with Crippen LogP contribution in [0.3, 0.4) is 0 Å². The molecule has 0 aliphatic rings. The summed E-state index contributed by atoms with van der Waals surface area (Å²) in [6.07, 6.45) is 0. The van der Waals surface area contributed by atoms with Gasteiger partial charge in [0.2, 0.25) is 0 Å². The fourth-order valence-corrected chi connectivity index (χ4v) is 16.9. The Morgan fingerprint density at radius 2 is 0.972 bits per heavy atom. The Kier molecular flexibility index (Phi) is 5.18. The van der Waals surface area contributed by atoms with Crippen LogP contribution in [-0.4, -0.2) is 58.0 Å². The SMILES string of the molecule is Fc1cc[se]c1-c1[se]c2cc3sc4c5cc6c(F)c(-c7[se]ccc7F)[se]c6cc5sc4c3cc2c1F. The molecule has 0 aliphatic carbocycles. The Morgan fingerprint density at radius 1 is 0.528 bits per heavy atom. The molecule has 8 rings (SSSR count). The first-order valence-corrected chi connectivity index (χ1v) is 19.3. The molecule has 36 heavy (non-hydrogen) atoms. The summed E-state index contributed by atoms with van der Waals surface area (Å²) in [6, 6.07) is 10.9. The predicted octanol–water partition coefficient (Wildman–Crippen LogP) is 7.69. The Hall–Kier alpha value is -1.14. The number of rotatable bonds is 2. The van der Waals surface area contributed by atoms with Crippen molar-refractivity contribution in [3.8, 4) is 17.7 Å². The van der Waals surface area contributed by atoms with Crippen LogP contribution in [-0.2, 0) is 0 Å². The van der Waals surface area contributed by atoms with Crippen LogP contribution in [0.2, 0.25) is 0 Å². The van der Waals surface area contributed by atoms with Crippen molar-refractivity contribution >= 4 is 130 Å². The quantitative estimate of drug-likeness (QED) is 0.125. The van der Waals surface area contributed by atoms with Crippen LogP contribution >= 0.6 is 22.7 Å². The Bertz CT molecular complexity index is 2010. The van der Waals surface area contributed by atoms with E-state index in [2.05, 4.69) is 12.1 Å². The number of halogens is 4. The van der Waals surface area contributed by atoms with Crippen LogP contribution in [0.15, 0.2) is 46.3 Å². The number of fused-ring (bicyclic) bond motifs is 7. The molecule has 2 aromatic carbocycles. The van der Waals surface area contributed by atoms with Crippen LogP contribution in [0.4, 0.5) is 17.6 Å². The summed E-state index contributed by atoms with van der Waals surface area (Å²) in [6.45, 7) is 0. The van der Waals surface area contributed by atoms with E-state index in [1.165, 1.54) is 12.1 Å². The third-order valence-corrected chi connectivity index (χ3v) is 18.6. The van der Waals surface area contributed by atoms with E-state index < -0.39 is 0 Å². The fraction of sp³-hybridized carbons (Fsp3) is 0.